The highest BCUT2D eigenvalue weighted by Gasteiger charge is 2.29. The number of carbonyl (C=O) groups excluding carboxylic acids is 2. The van der Waals surface area contributed by atoms with Gasteiger partial charge in [-0.05, 0) is 61.0 Å². The largest absolute Gasteiger partial charge is 0.497 e. The summed E-state index contributed by atoms with van der Waals surface area (Å²) in [5.74, 6) is 0.924. The highest BCUT2D eigenvalue weighted by Crippen LogP contribution is 2.26. The third kappa shape index (κ3) is 7.47. The van der Waals surface area contributed by atoms with E-state index in [-0.39, 0.29) is 12.5 Å². The lowest BCUT2D eigenvalue weighted by atomic mass is 10.1. The molecule has 1 atom stereocenters. The molecule has 0 saturated carbocycles. The van der Waals surface area contributed by atoms with Crippen LogP contribution in [-0.2, 0) is 26.2 Å². The first-order valence-corrected chi connectivity index (χ1v) is 13.4. The Morgan fingerprint density at radius 3 is 2.00 bits per heavy atom. The molecule has 0 unspecified atom stereocenters. The number of anilines is 1. The number of likely N-dealkylation sites (N-methyl/N-ethyl adjacent to an activating group) is 1. The molecule has 3 aromatic rings. The molecule has 0 heterocycles. The molecule has 10 heteroatoms. The fraction of sp³-hybridized carbons (Fsp3) is 0.259. The summed E-state index contributed by atoms with van der Waals surface area (Å²) in [6, 6.07) is 21.8. The summed E-state index contributed by atoms with van der Waals surface area (Å²) >= 11 is 0. The van der Waals surface area contributed by atoms with E-state index in [0.29, 0.717) is 22.9 Å². The second kappa shape index (κ2) is 12.3. The maximum atomic E-state index is 13.5. The van der Waals surface area contributed by atoms with Crippen molar-refractivity contribution in [1.29, 1.82) is 0 Å². The Kier molecular flexibility index (Phi) is 9.13. The van der Waals surface area contributed by atoms with Crippen LogP contribution in [0.25, 0.3) is 0 Å². The Labute approximate surface area is 217 Å². The smallest absolute Gasteiger partial charge is 0.244 e. The summed E-state index contributed by atoms with van der Waals surface area (Å²) < 4.78 is 37.3. The lowest BCUT2D eigenvalue weighted by Gasteiger charge is -2.31. The molecule has 2 amide bonds. The van der Waals surface area contributed by atoms with E-state index in [4.69, 9.17) is 9.47 Å². The number of hydrogen-bond donors (Lipinski definition) is 1. The molecule has 9 nitrogen and oxygen atoms in total. The Morgan fingerprint density at radius 1 is 0.892 bits per heavy atom. The van der Waals surface area contributed by atoms with Crippen LogP contribution in [0.15, 0.2) is 78.9 Å². The fourth-order valence-corrected chi connectivity index (χ4v) is 4.49. The van der Waals surface area contributed by atoms with E-state index < -0.39 is 28.5 Å². The van der Waals surface area contributed by atoms with Crippen LogP contribution in [0.4, 0.5) is 5.69 Å². The number of nitrogens with zero attached hydrogens (tertiary/aromatic N) is 2. The van der Waals surface area contributed by atoms with Gasteiger partial charge in [-0.1, -0.05) is 30.3 Å². The molecular weight excluding hydrogens is 494 g/mol. The van der Waals surface area contributed by atoms with Gasteiger partial charge in [0.05, 0.1) is 19.1 Å². The van der Waals surface area contributed by atoms with Crippen molar-refractivity contribution < 1.29 is 27.5 Å². The number of carbonyl (C=O) groups is 2. The summed E-state index contributed by atoms with van der Waals surface area (Å²) in [7, 11) is -0.787. The molecule has 0 saturated heterocycles. The lowest BCUT2D eigenvalue weighted by Crippen LogP contribution is -2.50. The van der Waals surface area contributed by atoms with Crippen LogP contribution in [0.3, 0.4) is 0 Å². The van der Waals surface area contributed by atoms with Crippen LogP contribution in [0.5, 0.6) is 17.2 Å². The summed E-state index contributed by atoms with van der Waals surface area (Å²) in [5.41, 5.74) is 1.06. The summed E-state index contributed by atoms with van der Waals surface area (Å²) in [5, 5.41) is 2.55. The highest BCUT2D eigenvalue weighted by atomic mass is 32.2. The molecule has 3 rings (SSSR count). The van der Waals surface area contributed by atoms with Crippen molar-refractivity contribution in [2.45, 2.75) is 19.5 Å². The minimum absolute atomic E-state index is 0.110. The first-order chi connectivity index (χ1) is 17.6. The normalized spacial score (nSPS) is 11.8. The molecule has 0 radical (unpaired) electrons. The molecule has 0 aliphatic carbocycles. The number of rotatable bonds is 11. The molecule has 0 bridgehead atoms. The van der Waals surface area contributed by atoms with Gasteiger partial charge in [0.2, 0.25) is 21.8 Å². The van der Waals surface area contributed by atoms with Gasteiger partial charge in [0.1, 0.15) is 29.8 Å². The minimum Gasteiger partial charge on any atom is -0.497 e. The number of nitrogens with one attached hydrogen (secondary N) is 1. The molecule has 0 aromatic heterocycles. The highest BCUT2D eigenvalue weighted by molar-refractivity contribution is 7.92. The first kappa shape index (κ1) is 27.5. The molecule has 0 aliphatic heterocycles. The van der Waals surface area contributed by atoms with Gasteiger partial charge in [-0.3, -0.25) is 13.9 Å². The molecule has 0 aliphatic rings. The Morgan fingerprint density at radius 2 is 1.46 bits per heavy atom. The third-order valence-electron chi connectivity index (χ3n) is 5.71. The van der Waals surface area contributed by atoms with Gasteiger partial charge in [-0.15, -0.1) is 0 Å². The lowest BCUT2D eigenvalue weighted by molar-refractivity contribution is -0.139. The van der Waals surface area contributed by atoms with E-state index in [1.807, 2.05) is 18.2 Å². The molecule has 3 aromatic carbocycles. The van der Waals surface area contributed by atoms with E-state index in [9.17, 15) is 18.0 Å². The number of amides is 2. The standard InChI is InChI=1S/C27H31N3O6S/c1-20(27(32)28-2)29(18-21-10-14-23(35-3)15-11-21)26(31)19-30(37(4,33)34)22-12-16-25(17-13-22)36-24-8-6-5-7-9-24/h5-17,20H,18-19H2,1-4H3,(H,28,32)/t20-/m0/s1. The molecule has 0 spiro atoms. The van der Waals surface area contributed by atoms with E-state index >= 15 is 0 Å². The number of sulfonamides is 1. The average molecular weight is 526 g/mol. The number of ether oxygens (including phenoxy) is 2. The summed E-state index contributed by atoms with van der Waals surface area (Å²) in [6.45, 7) is 1.23. The predicted octanol–water partition coefficient (Wildman–Crippen LogP) is 3.42. The third-order valence-corrected chi connectivity index (χ3v) is 6.85. The molecule has 37 heavy (non-hydrogen) atoms. The van der Waals surface area contributed by atoms with Crippen LogP contribution in [0, 0.1) is 0 Å². The van der Waals surface area contributed by atoms with Crippen molar-refractivity contribution in [3.05, 3.63) is 84.4 Å². The van der Waals surface area contributed by atoms with E-state index in [2.05, 4.69) is 5.32 Å². The number of para-hydroxylation sites is 1. The molecule has 0 fully saturated rings. The van der Waals surface area contributed by atoms with Gasteiger partial charge >= 0.3 is 0 Å². The maximum absolute atomic E-state index is 13.5. The molecule has 1 N–H and O–H groups in total. The van der Waals surface area contributed by atoms with Gasteiger partial charge < -0.3 is 19.7 Å². The van der Waals surface area contributed by atoms with Gasteiger partial charge in [0.15, 0.2) is 0 Å². The van der Waals surface area contributed by atoms with Crippen LogP contribution in [0.1, 0.15) is 12.5 Å². The van der Waals surface area contributed by atoms with Crippen molar-refractivity contribution in [3.8, 4) is 17.2 Å². The first-order valence-electron chi connectivity index (χ1n) is 11.6. The molecule has 196 valence electrons. The zero-order valence-electron chi connectivity index (χ0n) is 21.2. The Bertz CT molecular complexity index is 1300. The minimum atomic E-state index is -3.82. The second-order valence-corrected chi connectivity index (χ2v) is 10.2. The SMILES string of the molecule is CNC(=O)[C@H](C)N(Cc1ccc(OC)cc1)C(=O)CN(c1ccc(Oc2ccccc2)cc1)S(C)(=O)=O. The van der Waals surface area contributed by atoms with Gasteiger partial charge in [-0.2, -0.15) is 0 Å². The maximum Gasteiger partial charge on any atom is 0.244 e. The van der Waals surface area contributed by atoms with E-state index in [0.717, 1.165) is 16.1 Å². The van der Waals surface area contributed by atoms with Crippen LogP contribution in [-0.4, -0.2) is 58.1 Å². The number of methoxy groups -OCH3 is 1. The van der Waals surface area contributed by atoms with Crippen LogP contribution >= 0.6 is 0 Å². The van der Waals surface area contributed by atoms with Crippen molar-refractivity contribution in [3.63, 3.8) is 0 Å². The molecular formula is C27H31N3O6S. The monoisotopic (exact) mass is 525 g/mol. The Balaban J connectivity index is 1.84. The second-order valence-electron chi connectivity index (χ2n) is 8.34. The summed E-state index contributed by atoms with van der Waals surface area (Å²) in [6.07, 6.45) is 1.03. The van der Waals surface area contributed by atoms with Gasteiger partial charge in [0.25, 0.3) is 0 Å². The van der Waals surface area contributed by atoms with Gasteiger partial charge in [-0.25, -0.2) is 8.42 Å². The van der Waals surface area contributed by atoms with Crippen LogP contribution in [0.2, 0.25) is 0 Å². The van der Waals surface area contributed by atoms with Crippen LogP contribution < -0.4 is 19.1 Å². The van der Waals surface area contributed by atoms with Crippen molar-refractivity contribution in [2.75, 3.05) is 31.3 Å². The van der Waals surface area contributed by atoms with Crippen molar-refractivity contribution in [1.82, 2.24) is 10.2 Å². The van der Waals surface area contributed by atoms with E-state index in [1.165, 1.54) is 11.9 Å². The zero-order chi connectivity index (χ0) is 27.0. The Hall–Kier alpha value is -4.05. The predicted molar refractivity (Wildman–Crippen MR) is 142 cm³/mol. The van der Waals surface area contributed by atoms with E-state index in [1.54, 1.807) is 74.7 Å². The fourth-order valence-electron chi connectivity index (χ4n) is 3.64. The van der Waals surface area contributed by atoms with Crippen molar-refractivity contribution in [2.24, 2.45) is 0 Å². The number of hydrogen-bond acceptors (Lipinski definition) is 6. The summed E-state index contributed by atoms with van der Waals surface area (Å²) in [4.78, 5) is 27.2. The quantitative estimate of drug-likeness (QED) is 0.411. The van der Waals surface area contributed by atoms with Gasteiger partial charge in [0, 0.05) is 13.6 Å². The average Bonchev–Trinajstić information content (AvgIpc) is 2.90. The number of benzene rings is 3. The topological polar surface area (TPSA) is 105 Å². The zero-order valence-corrected chi connectivity index (χ0v) is 22.1. The van der Waals surface area contributed by atoms with Crippen molar-refractivity contribution >= 4 is 27.5 Å².